The van der Waals surface area contributed by atoms with Crippen LogP contribution in [-0.4, -0.2) is 17.1 Å². The Labute approximate surface area is 76.1 Å². The van der Waals surface area contributed by atoms with E-state index in [-0.39, 0.29) is 0 Å². The molecule has 0 atom stereocenters. The number of rotatable bonds is 2. The summed E-state index contributed by atoms with van der Waals surface area (Å²) in [5.74, 6) is 1.91. The van der Waals surface area contributed by atoms with Crippen molar-refractivity contribution in [2.24, 2.45) is 0 Å². The fraction of sp³-hybridized carbons (Fsp3) is 0.500. The first-order chi connectivity index (χ1) is 6.22. The minimum absolute atomic E-state index is 0.314. The molecule has 0 unspecified atom stereocenters. The third-order valence-corrected chi connectivity index (χ3v) is 2.09. The molecular formula is C8H12N4O. The average molecular weight is 180 g/mol. The van der Waals surface area contributed by atoms with Crippen molar-refractivity contribution in [1.29, 1.82) is 0 Å². The normalized spacial score (nSPS) is 15.8. The van der Waals surface area contributed by atoms with Gasteiger partial charge in [0, 0.05) is 5.92 Å². The molecule has 0 bridgehead atoms. The van der Waals surface area contributed by atoms with E-state index in [1.165, 1.54) is 7.11 Å². The standard InChI is InChI=1S/C8H12N4O/c1-13-8-5(9)6(10)11-7(12-8)4-2-3-4/h4H,2-3,9H2,1H3,(H2,10,11,12). The van der Waals surface area contributed by atoms with E-state index in [1.54, 1.807) is 0 Å². The average Bonchev–Trinajstić information content (AvgIpc) is 2.92. The molecule has 0 amide bonds. The molecule has 2 rings (SSSR count). The van der Waals surface area contributed by atoms with Gasteiger partial charge in [0.25, 0.3) is 0 Å². The number of methoxy groups -OCH3 is 1. The van der Waals surface area contributed by atoms with Crippen molar-refractivity contribution in [2.45, 2.75) is 18.8 Å². The number of aromatic nitrogens is 2. The quantitative estimate of drug-likeness (QED) is 0.693. The van der Waals surface area contributed by atoms with Crippen LogP contribution in [0.25, 0.3) is 0 Å². The van der Waals surface area contributed by atoms with Crippen LogP contribution in [0.4, 0.5) is 11.5 Å². The largest absolute Gasteiger partial charge is 0.479 e. The van der Waals surface area contributed by atoms with Crippen molar-refractivity contribution in [1.82, 2.24) is 9.97 Å². The molecular weight excluding hydrogens is 168 g/mol. The summed E-state index contributed by atoms with van der Waals surface area (Å²) in [7, 11) is 1.52. The van der Waals surface area contributed by atoms with Crippen LogP contribution in [0.3, 0.4) is 0 Å². The monoisotopic (exact) mass is 180 g/mol. The highest BCUT2D eigenvalue weighted by atomic mass is 16.5. The molecule has 1 aliphatic carbocycles. The minimum atomic E-state index is 0.314. The molecule has 0 saturated heterocycles. The van der Waals surface area contributed by atoms with E-state index < -0.39 is 0 Å². The van der Waals surface area contributed by atoms with Gasteiger partial charge in [-0.05, 0) is 12.8 Å². The topological polar surface area (TPSA) is 87.0 Å². The molecule has 0 aromatic carbocycles. The van der Waals surface area contributed by atoms with Gasteiger partial charge in [-0.2, -0.15) is 4.98 Å². The molecule has 1 fully saturated rings. The second kappa shape index (κ2) is 2.76. The minimum Gasteiger partial charge on any atom is -0.479 e. The molecule has 5 heteroatoms. The fourth-order valence-corrected chi connectivity index (χ4v) is 1.16. The number of hydrogen-bond acceptors (Lipinski definition) is 5. The molecule has 5 nitrogen and oxygen atoms in total. The number of nitrogens with zero attached hydrogens (tertiary/aromatic N) is 2. The van der Waals surface area contributed by atoms with E-state index in [4.69, 9.17) is 16.2 Å². The number of nitrogens with two attached hydrogens (primary N) is 2. The zero-order chi connectivity index (χ0) is 9.42. The maximum atomic E-state index is 5.61. The Morgan fingerprint density at radius 2 is 2.00 bits per heavy atom. The summed E-state index contributed by atoms with van der Waals surface area (Å²) in [6.45, 7) is 0. The summed E-state index contributed by atoms with van der Waals surface area (Å²) in [6.07, 6.45) is 2.26. The van der Waals surface area contributed by atoms with Crippen LogP contribution >= 0.6 is 0 Å². The highest BCUT2D eigenvalue weighted by Gasteiger charge is 2.28. The maximum Gasteiger partial charge on any atom is 0.242 e. The zero-order valence-corrected chi connectivity index (χ0v) is 7.45. The highest BCUT2D eigenvalue weighted by molar-refractivity contribution is 5.64. The molecule has 1 aliphatic rings. The lowest BCUT2D eigenvalue weighted by Crippen LogP contribution is -2.06. The van der Waals surface area contributed by atoms with Crippen molar-refractivity contribution in [3.05, 3.63) is 5.82 Å². The van der Waals surface area contributed by atoms with Gasteiger partial charge in [-0.3, -0.25) is 0 Å². The highest BCUT2D eigenvalue weighted by Crippen LogP contribution is 2.40. The summed E-state index contributed by atoms with van der Waals surface area (Å²) in [6, 6.07) is 0. The van der Waals surface area contributed by atoms with Crippen LogP contribution in [0.1, 0.15) is 24.6 Å². The van der Waals surface area contributed by atoms with Gasteiger partial charge in [0.05, 0.1) is 7.11 Å². The number of ether oxygens (including phenoxy) is 1. The van der Waals surface area contributed by atoms with Crippen molar-refractivity contribution >= 4 is 11.5 Å². The lowest BCUT2D eigenvalue weighted by atomic mass is 10.3. The van der Waals surface area contributed by atoms with Gasteiger partial charge < -0.3 is 16.2 Å². The number of anilines is 2. The third-order valence-electron chi connectivity index (χ3n) is 2.09. The second-order valence-electron chi connectivity index (χ2n) is 3.16. The number of nitrogen functional groups attached to an aromatic ring is 2. The Kier molecular flexibility index (Phi) is 1.72. The van der Waals surface area contributed by atoms with Gasteiger partial charge >= 0.3 is 0 Å². The van der Waals surface area contributed by atoms with E-state index in [0.29, 0.717) is 23.3 Å². The SMILES string of the molecule is COc1nc(C2CC2)nc(N)c1N. The lowest BCUT2D eigenvalue weighted by molar-refractivity contribution is 0.397. The molecule has 4 N–H and O–H groups in total. The Morgan fingerprint density at radius 3 is 2.54 bits per heavy atom. The summed E-state index contributed by atoms with van der Waals surface area (Å²) >= 11 is 0. The Morgan fingerprint density at radius 1 is 1.31 bits per heavy atom. The van der Waals surface area contributed by atoms with E-state index in [1.807, 2.05) is 0 Å². The predicted octanol–water partition coefficient (Wildman–Crippen LogP) is 0.527. The van der Waals surface area contributed by atoms with E-state index in [0.717, 1.165) is 18.7 Å². The molecule has 13 heavy (non-hydrogen) atoms. The summed E-state index contributed by atoms with van der Waals surface area (Å²) < 4.78 is 4.99. The van der Waals surface area contributed by atoms with Crippen molar-refractivity contribution in [3.63, 3.8) is 0 Å². The van der Waals surface area contributed by atoms with E-state index in [2.05, 4.69) is 9.97 Å². The molecule has 1 heterocycles. The van der Waals surface area contributed by atoms with Crippen LogP contribution < -0.4 is 16.2 Å². The van der Waals surface area contributed by atoms with Crippen molar-refractivity contribution < 1.29 is 4.74 Å². The van der Waals surface area contributed by atoms with E-state index >= 15 is 0 Å². The summed E-state index contributed by atoms with van der Waals surface area (Å²) in [5, 5.41) is 0. The molecule has 1 aromatic rings. The van der Waals surface area contributed by atoms with Gasteiger partial charge in [-0.1, -0.05) is 0 Å². The molecule has 0 spiro atoms. The van der Waals surface area contributed by atoms with Crippen molar-refractivity contribution in [2.75, 3.05) is 18.6 Å². The smallest absolute Gasteiger partial charge is 0.242 e. The first kappa shape index (κ1) is 8.10. The Bertz CT molecular complexity index is 335. The molecule has 70 valence electrons. The van der Waals surface area contributed by atoms with Crippen LogP contribution in [0.2, 0.25) is 0 Å². The first-order valence-corrected chi connectivity index (χ1v) is 4.19. The summed E-state index contributed by atoms with van der Waals surface area (Å²) in [5.41, 5.74) is 11.5. The maximum absolute atomic E-state index is 5.61. The second-order valence-corrected chi connectivity index (χ2v) is 3.16. The van der Waals surface area contributed by atoms with E-state index in [9.17, 15) is 0 Å². The Balaban J connectivity index is 2.43. The Hall–Kier alpha value is -1.52. The fourth-order valence-electron chi connectivity index (χ4n) is 1.16. The van der Waals surface area contributed by atoms with Gasteiger partial charge in [0.2, 0.25) is 5.88 Å². The van der Waals surface area contributed by atoms with Crippen LogP contribution in [0.5, 0.6) is 5.88 Å². The first-order valence-electron chi connectivity index (χ1n) is 4.19. The zero-order valence-electron chi connectivity index (χ0n) is 7.45. The van der Waals surface area contributed by atoms with Crippen LogP contribution in [-0.2, 0) is 0 Å². The molecule has 0 radical (unpaired) electrons. The van der Waals surface area contributed by atoms with Gasteiger partial charge in [-0.15, -0.1) is 0 Å². The predicted molar refractivity (Wildman–Crippen MR) is 49.4 cm³/mol. The van der Waals surface area contributed by atoms with Gasteiger partial charge in [0.15, 0.2) is 5.82 Å². The summed E-state index contributed by atoms with van der Waals surface area (Å²) in [4.78, 5) is 8.28. The van der Waals surface area contributed by atoms with Gasteiger partial charge in [0.1, 0.15) is 11.5 Å². The van der Waals surface area contributed by atoms with Gasteiger partial charge in [-0.25, -0.2) is 4.98 Å². The molecule has 1 aromatic heterocycles. The third kappa shape index (κ3) is 1.37. The van der Waals surface area contributed by atoms with Crippen LogP contribution in [0, 0.1) is 0 Å². The molecule has 1 saturated carbocycles. The number of hydrogen-bond donors (Lipinski definition) is 2. The lowest BCUT2D eigenvalue weighted by Gasteiger charge is -2.07. The molecule has 0 aliphatic heterocycles. The van der Waals surface area contributed by atoms with Crippen LogP contribution in [0.15, 0.2) is 0 Å². The van der Waals surface area contributed by atoms with Crippen molar-refractivity contribution in [3.8, 4) is 5.88 Å².